The lowest BCUT2D eigenvalue weighted by molar-refractivity contribution is -0.667. The lowest BCUT2D eigenvalue weighted by atomic mass is 10.1. The quantitative estimate of drug-likeness (QED) is 0.519. The summed E-state index contributed by atoms with van der Waals surface area (Å²) in [6.07, 6.45) is 2.91. The number of aldehydes is 1. The Morgan fingerprint density at radius 2 is 2.21 bits per heavy atom. The van der Waals surface area contributed by atoms with Crippen LogP contribution in [0.4, 0.5) is 0 Å². The molecule has 0 amide bonds. The van der Waals surface area contributed by atoms with Gasteiger partial charge in [-0.2, -0.15) is 4.57 Å². The van der Waals surface area contributed by atoms with E-state index in [4.69, 9.17) is 0 Å². The summed E-state index contributed by atoms with van der Waals surface area (Å²) >= 11 is 0. The molecular formula is C12H12NO+. The van der Waals surface area contributed by atoms with Crippen LogP contribution < -0.4 is 4.57 Å². The van der Waals surface area contributed by atoms with Crippen LogP contribution in [0.5, 0.6) is 0 Å². The summed E-state index contributed by atoms with van der Waals surface area (Å²) in [4.78, 5) is 10.6. The van der Waals surface area contributed by atoms with Crippen LogP contribution in [0.3, 0.4) is 0 Å². The number of hydrogen-bond acceptors (Lipinski definition) is 1. The molecule has 70 valence electrons. The first-order valence-electron chi connectivity index (χ1n) is 4.72. The molecule has 0 atom stereocenters. The molecule has 2 heteroatoms. The van der Waals surface area contributed by atoms with E-state index in [9.17, 15) is 4.79 Å². The van der Waals surface area contributed by atoms with Gasteiger partial charge in [-0.05, 0) is 19.1 Å². The first kappa shape index (κ1) is 8.88. The molecule has 0 unspecified atom stereocenters. The predicted octanol–water partition coefficient (Wildman–Crippen LogP) is 1.96. The number of carbonyl (C=O) groups excluding carboxylic acids is 1. The third kappa shape index (κ3) is 1.39. The van der Waals surface area contributed by atoms with E-state index < -0.39 is 0 Å². The molecule has 2 nitrogen and oxygen atoms in total. The molecule has 0 fully saturated rings. The summed E-state index contributed by atoms with van der Waals surface area (Å²) in [6, 6.07) is 9.81. The van der Waals surface area contributed by atoms with Crippen LogP contribution in [0.15, 0.2) is 36.5 Å². The highest BCUT2D eigenvalue weighted by Gasteiger charge is 2.06. The summed E-state index contributed by atoms with van der Waals surface area (Å²) in [7, 11) is 0. The Bertz CT molecular complexity index is 477. The minimum absolute atomic E-state index is 0.728. The second kappa shape index (κ2) is 3.58. The lowest BCUT2D eigenvalue weighted by Gasteiger charge is -1.98. The van der Waals surface area contributed by atoms with E-state index in [0.717, 1.165) is 23.9 Å². The van der Waals surface area contributed by atoms with Gasteiger partial charge >= 0.3 is 0 Å². The van der Waals surface area contributed by atoms with E-state index in [0.29, 0.717) is 0 Å². The predicted molar refractivity (Wildman–Crippen MR) is 55.2 cm³/mol. The summed E-state index contributed by atoms with van der Waals surface area (Å²) in [5, 5.41) is 1.17. The topological polar surface area (TPSA) is 20.9 Å². The van der Waals surface area contributed by atoms with Crippen molar-refractivity contribution in [3.63, 3.8) is 0 Å². The van der Waals surface area contributed by atoms with Crippen molar-refractivity contribution < 1.29 is 9.36 Å². The van der Waals surface area contributed by atoms with Gasteiger partial charge in [-0.25, -0.2) is 0 Å². The van der Waals surface area contributed by atoms with E-state index in [-0.39, 0.29) is 0 Å². The van der Waals surface area contributed by atoms with Gasteiger partial charge in [0.15, 0.2) is 6.20 Å². The molecule has 2 aromatic rings. The number of benzene rings is 1. The number of fused-ring (bicyclic) bond motifs is 1. The molecule has 1 heterocycles. The van der Waals surface area contributed by atoms with Gasteiger partial charge in [-0.3, -0.25) is 4.79 Å². The van der Waals surface area contributed by atoms with Crippen molar-refractivity contribution in [3.05, 3.63) is 42.1 Å². The van der Waals surface area contributed by atoms with Crippen LogP contribution in [0.2, 0.25) is 0 Å². The van der Waals surface area contributed by atoms with Crippen molar-refractivity contribution >= 4 is 17.2 Å². The van der Waals surface area contributed by atoms with Crippen molar-refractivity contribution in [1.82, 2.24) is 0 Å². The smallest absolute Gasteiger partial charge is 0.213 e. The number of carbonyl (C=O) groups is 1. The van der Waals surface area contributed by atoms with Gasteiger partial charge < -0.3 is 0 Å². The fourth-order valence-corrected chi connectivity index (χ4v) is 1.63. The van der Waals surface area contributed by atoms with Gasteiger partial charge in [0.25, 0.3) is 0 Å². The first-order chi connectivity index (χ1) is 6.85. The first-order valence-corrected chi connectivity index (χ1v) is 4.72. The molecular weight excluding hydrogens is 174 g/mol. The number of aromatic nitrogens is 1. The van der Waals surface area contributed by atoms with Crippen molar-refractivity contribution in [3.8, 4) is 0 Å². The minimum Gasteiger partial charge on any atom is -0.298 e. The van der Waals surface area contributed by atoms with E-state index in [1.165, 1.54) is 5.39 Å². The maximum atomic E-state index is 10.6. The second-order valence-corrected chi connectivity index (χ2v) is 3.23. The zero-order valence-electron chi connectivity index (χ0n) is 8.10. The third-order valence-corrected chi connectivity index (χ3v) is 2.38. The van der Waals surface area contributed by atoms with Crippen LogP contribution >= 0.6 is 0 Å². The molecule has 0 radical (unpaired) electrons. The minimum atomic E-state index is 0.728. The molecule has 0 saturated carbocycles. The molecule has 1 aromatic carbocycles. The Balaban J connectivity index is 2.76. The van der Waals surface area contributed by atoms with Crippen LogP contribution in [0.1, 0.15) is 17.3 Å². The third-order valence-electron chi connectivity index (χ3n) is 2.38. The number of pyridine rings is 1. The molecule has 0 aliphatic rings. The van der Waals surface area contributed by atoms with Crippen LogP contribution in [-0.2, 0) is 6.54 Å². The zero-order valence-corrected chi connectivity index (χ0v) is 8.10. The van der Waals surface area contributed by atoms with E-state index in [1.807, 2.05) is 30.5 Å². The zero-order chi connectivity index (χ0) is 9.97. The molecule has 0 saturated heterocycles. The highest BCUT2D eigenvalue weighted by molar-refractivity contribution is 5.84. The highest BCUT2D eigenvalue weighted by Crippen LogP contribution is 2.10. The average molecular weight is 186 g/mol. The molecule has 14 heavy (non-hydrogen) atoms. The molecule has 0 aliphatic carbocycles. The van der Waals surface area contributed by atoms with E-state index >= 15 is 0 Å². The van der Waals surface area contributed by atoms with Gasteiger partial charge in [-0.1, -0.05) is 6.07 Å². The van der Waals surface area contributed by atoms with Crippen molar-refractivity contribution in [2.45, 2.75) is 13.5 Å². The number of nitrogens with zero attached hydrogens (tertiary/aromatic N) is 1. The van der Waals surface area contributed by atoms with Gasteiger partial charge in [0.05, 0.1) is 0 Å². The van der Waals surface area contributed by atoms with E-state index in [2.05, 4.69) is 17.6 Å². The molecule has 2 rings (SSSR count). The summed E-state index contributed by atoms with van der Waals surface area (Å²) in [5.74, 6) is 0. The molecule has 0 aliphatic heterocycles. The van der Waals surface area contributed by atoms with Crippen molar-refractivity contribution in [2.24, 2.45) is 0 Å². The second-order valence-electron chi connectivity index (χ2n) is 3.23. The number of aryl methyl sites for hydroxylation is 1. The fourth-order valence-electron chi connectivity index (χ4n) is 1.63. The summed E-state index contributed by atoms with van der Waals surface area (Å²) < 4.78 is 2.13. The summed E-state index contributed by atoms with van der Waals surface area (Å²) in [5.41, 5.74) is 1.84. The maximum Gasteiger partial charge on any atom is 0.213 e. The Morgan fingerprint density at radius 3 is 2.93 bits per heavy atom. The Labute approximate surface area is 82.8 Å². The molecule has 0 spiro atoms. The SMILES string of the molecule is CC[n+]1cccc2ccc(C=O)cc21. The Kier molecular flexibility index (Phi) is 2.27. The van der Waals surface area contributed by atoms with Crippen LogP contribution in [0, 0.1) is 0 Å². The Hall–Kier alpha value is -1.70. The molecule has 1 aromatic heterocycles. The average Bonchev–Trinajstić information content (AvgIpc) is 2.27. The highest BCUT2D eigenvalue weighted by atomic mass is 16.1. The van der Waals surface area contributed by atoms with Gasteiger partial charge in [0, 0.05) is 23.1 Å². The monoisotopic (exact) mass is 186 g/mol. The fraction of sp³-hybridized carbons (Fsp3) is 0.167. The molecule has 0 N–H and O–H groups in total. The van der Waals surface area contributed by atoms with Crippen LogP contribution in [0.25, 0.3) is 10.9 Å². The Morgan fingerprint density at radius 1 is 1.36 bits per heavy atom. The van der Waals surface area contributed by atoms with Crippen LogP contribution in [-0.4, -0.2) is 6.29 Å². The van der Waals surface area contributed by atoms with Crippen molar-refractivity contribution in [2.75, 3.05) is 0 Å². The van der Waals surface area contributed by atoms with Gasteiger partial charge in [-0.15, -0.1) is 0 Å². The van der Waals surface area contributed by atoms with E-state index in [1.54, 1.807) is 0 Å². The summed E-state index contributed by atoms with van der Waals surface area (Å²) in [6.45, 7) is 3.01. The van der Waals surface area contributed by atoms with Crippen molar-refractivity contribution in [1.29, 1.82) is 0 Å². The normalized spacial score (nSPS) is 10.4. The lowest BCUT2D eigenvalue weighted by Crippen LogP contribution is -2.32. The standard InChI is InChI=1S/C12H12NO/c1-2-13-7-3-4-11-6-5-10(9-14)8-12(11)13/h3-9H,2H2,1H3/q+1. The maximum absolute atomic E-state index is 10.6. The number of rotatable bonds is 2. The largest absolute Gasteiger partial charge is 0.298 e. The van der Waals surface area contributed by atoms with Gasteiger partial charge in [0.1, 0.15) is 12.8 Å². The molecule has 0 bridgehead atoms. The van der Waals surface area contributed by atoms with Gasteiger partial charge in [0.2, 0.25) is 5.52 Å². The number of hydrogen-bond donors (Lipinski definition) is 0.